The molecule has 9 heteroatoms. The first-order valence-corrected chi connectivity index (χ1v) is 13.2. The Morgan fingerprint density at radius 3 is 2.82 bits per heavy atom. The van der Waals surface area contributed by atoms with E-state index in [1.807, 2.05) is 19.9 Å². The molecule has 3 heterocycles. The zero-order valence-corrected chi connectivity index (χ0v) is 21.7. The van der Waals surface area contributed by atoms with Crippen molar-refractivity contribution in [1.29, 1.82) is 5.26 Å². The van der Waals surface area contributed by atoms with Crippen LogP contribution in [-0.2, 0) is 17.6 Å². The van der Waals surface area contributed by atoms with Gasteiger partial charge in [0.1, 0.15) is 11.1 Å². The fourth-order valence-electron chi connectivity index (χ4n) is 4.38. The number of nitrogens with zero attached hydrogens (tertiary/aromatic N) is 3. The number of benzene rings is 1. The number of rotatable bonds is 3. The minimum atomic E-state index is -0.212. The fourth-order valence-corrected chi connectivity index (χ4v) is 6.99. The van der Waals surface area contributed by atoms with Crippen LogP contribution < -0.4 is 5.32 Å². The number of aromatic nitrogens is 1. The van der Waals surface area contributed by atoms with Crippen molar-refractivity contribution in [2.45, 2.75) is 39.5 Å². The van der Waals surface area contributed by atoms with E-state index in [1.54, 1.807) is 29.5 Å². The number of aliphatic imine (C=N–C) groups is 1. The summed E-state index contributed by atoms with van der Waals surface area (Å²) < 4.78 is 2.15. The van der Waals surface area contributed by atoms with E-state index < -0.39 is 0 Å². The Balaban J connectivity index is 1.49. The quantitative estimate of drug-likeness (QED) is 0.369. The molecule has 1 N–H and O–H groups in total. The summed E-state index contributed by atoms with van der Waals surface area (Å²) >= 11 is 15.3. The molecular formula is C25H20Cl2N4OS2. The maximum atomic E-state index is 12.6. The predicted molar refractivity (Wildman–Crippen MR) is 142 cm³/mol. The highest BCUT2D eigenvalue weighted by molar-refractivity contribution is 8.18. The highest BCUT2D eigenvalue weighted by atomic mass is 35.5. The van der Waals surface area contributed by atoms with Gasteiger partial charge >= 0.3 is 0 Å². The van der Waals surface area contributed by atoms with Crippen LogP contribution in [0.15, 0.2) is 34.2 Å². The van der Waals surface area contributed by atoms with E-state index in [0.29, 0.717) is 25.8 Å². The number of aryl methyl sites for hydroxylation is 2. The smallest absolute Gasteiger partial charge is 0.264 e. The summed E-state index contributed by atoms with van der Waals surface area (Å²) in [6, 6.07) is 9.71. The molecule has 1 aromatic carbocycles. The maximum Gasteiger partial charge on any atom is 0.264 e. The molecule has 0 spiro atoms. The lowest BCUT2D eigenvalue weighted by molar-refractivity contribution is -0.115. The largest absolute Gasteiger partial charge is 0.308 e. The summed E-state index contributed by atoms with van der Waals surface area (Å²) in [5, 5.41) is 14.9. The van der Waals surface area contributed by atoms with E-state index in [2.05, 4.69) is 27.0 Å². The van der Waals surface area contributed by atoms with Gasteiger partial charge in [-0.15, -0.1) is 11.3 Å². The van der Waals surface area contributed by atoms with Gasteiger partial charge in [0.25, 0.3) is 5.91 Å². The third-order valence-corrected chi connectivity index (χ3v) is 9.02. The molecule has 0 atom stereocenters. The van der Waals surface area contributed by atoms with Crippen LogP contribution in [0.1, 0.15) is 45.8 Å². The fraction of sp³-hybridized carbons (Fsp3) is 0.240. The molecule has 1 amide bonds. The molecule has 3 aromatic rings. The number of fused-ring (bicyclic) bond motifs is 1. The van der Waals surface area contributed by atoms with Crippen LogP contribution in [0.25, 0.3) is 11.1 Å². The van der Waals surface area contributed by atoms with Gasteiger partial charge in [0.05, 0.1) is 26.2 Å². The molecule has 5 nitrogen and oxygen atoms in total. The van der Waals surface area contributed by atoms with Crippen molar-refractivity contribution in [3.8, 4) is 11.1 Å². The van der Waals surface area contributed by atoms with Gasteiger partial charge in [-0.1, -0.05) is 29.3 Å². The molecule has 0 radical (unpaired) electrons. The van der Waals surface area contributed by atoms with Gasteiger partial charge in [0.15, 0.2) is 5.17 Å². The van der Waals surface area contributed by atoms with Crippen molar-refractivity contribution < 1.29 is 4.79 Å². The van der Waals surface area contributed by atoms with E-state index in [1.165, 1.54) is 28.6 Å². The number of thiophene rings is 1. The van der Waals surface area contributed by atoms with Crippen molar-refractivity contribution in [3.63, 3.8) is 0 Å². The lowest BCUT2D eigenvalue weighted by atomic mass is 9.96. The van der Waals surface area contributed by atoms with Gasteiger partial charge < -0.3 is 9.88 Å². The number of hydrogen-bond acceptors (Lipinski definition) is 5. The summed E-state index contributed by atoms with van der Waals surface area (Å²) in [5.74, 6) is -0.212. The molecule has 0 bridgehead atoms. The van der Waals surface area contributed by atoms with Gasteiger partial charge in [0, 0.05) is 16.3 Å². The molecular weight excluding hydrogens is 507 g/mol. The van der Waals surface area contributed by atoms with Crippen molar-refractivity contribution in [1.82, 2.24) is 9.88 Å². The normalized spacial score (nSPS) is 17.8. The van der Waals surface area contributed by atoms with Crippen LogP contribution >= 0.6 is 46.3 Å². The summed E-state index contributed by atoms with van der Waals surface area (Å²) in [6.07, 6.45) is 6.20. The molecule has 1 aliphatic heterocycles. The van der Waals surface area contributed by atoms with Gasteiger partial charge in [-0.25, -0.2) is 4.99 Å². The van der Waals surface area contributed by atoms with E-state index in [-0.39, 0.29) is 5.91 Å². The van der Waals surface area contributed by atoms with Gasteiger partial charge in [-0.05, 0) is 86.7 Å². The summed E-state index contributed by atoms with van der Waals surface area (Å²) in [7, 11) is 0. The molecule has 2 aromatic heterocycles. The summed E-state index contributed by atoms with van der Waals surface area (Å²) in [6.45, 7) is 4.06. The van der Waals surface area contributed by atoms with E-state index in [0.717, 1.165) is 46.8 Å². The number of nitriles is 1. The standard InChI is InChI=1S/C25H20Cl2N4OS2/c1-13-10-15(14(2)31(13)24-17(12-28)16-6-3-4-9-20(16)33-24)11-21-23(32)30-25(34-21)29-19-8-5-7-18(26)22(19)27/h5,7-8,10-11H,3-4,6,9H2,1-2H3,(H,29,30,32)/b21-11-. The number of thioether (sulfide) groups is 1. The Kier molecular flexibility index (Phi) is 6.34. The second kappa shape index (κ2) is 9.27. The lowest BCUT2D eigenvalue weighted by Crippen LogP contribution is -2.19. The molecule has 1 fully saturated rings. The zero-order valence-electron chi connectivity index (χ0n) is 18.5. The minimum Gasteiger partial charge on any atom is -0.308 e. The minimum absolute atomic E-state index is 0.212. The average molecular weight is 528 g/mol. The highest BCUT2D eigenvalue weighted by Gasteiger charge is 2.27. The molecule has 1 aliphatic carbocycles. The number of hydrogen-bond donors (Lipinski definition) is 1. The van der Waals surface area contributed by atoms with E-state index in [4.69, 9.17) is 23.2 Å². The molecule has 0 unspecified atom stereocenters. The molecule has 172 valence electrons. The molecule has 0 saturated carbocycles. The molecule has 1 saturated heterocycles. The Morgan fingerprint density at radius 2 is 2.03 bits per heavy atom. The predicted octanol–water partition coefficient (Wildman–Crippen LogP) is 7.10. The Morgan fingerprint density at radius 1 is 1.24 bits per heavy atom. The number of amides is 1. The zero-order chi connectivity index (χ0) is 24.0. The first kappa shape index (κ1) is 23.3. The van der Waals surface area contributed by atoms with Crippen molar-refractivity contribution >= 4 is 69.1 Å². The number of carbonyl (C=O) groups is 1. The number of amidine groups is 1. The van der Waals surface area contributed by atoms with Crippen LogP contribution in [0.2, 0.25) is 10.0 Å². The van der Waals surface area contributed by atoms with Gasteiger partial charge in [0.2, 0.25) is 0 Å². The SMILES string of the molecule is Cc1cc(/C=C2\SC(=Nc3cccc(Cl)c3Cl)NC2=O)c(C)n1-c1sc2c(c1C#N)CCCC2. The Labute approximate surface area is 216 Å². The summed E-state index contributed by atoms with van der Waals surface area (Å²) in [4.78, 5) is 19.0. The third kappa shape index (κ3) is 4.09. The van der Waals surface area contributed by atoms with Crippen molar-refractivity contribution in [2.24, 2.45) is 4.99 Å². The van der Waals surface area contributed by atoms with Crippen molar-refractivity contribution in [3.05, 3.63) is 72.2 Å². The first-order valence-electron chi connectivity index (χ1n) is 10.8. The van der Waals surface area contributed by atoms with Crippen molar-refractivity contribution in [2.75, 3.05) is 0 Å². The summed E-state index contributed by atoms with van der Waals surface area (Å²) in [5.41, 5.74) is 5.47. The second-order valence-electron chi connectivity index (χ2n) is 8.22. The third-order valence-electron chi connectivity index (χ3n) is 6.03. The molecule has 2 aliphatic rings. The van der Waals surface area contributed by atoms with Crippen LogP contribution in [0.3, 0.4) is 0 Å². The molecule has 5 rings (SSSR count). The first-order chi connectivity index (χ1) is 16.4. The second-order valence-corrected chi connectivity index (χ2v) is 11.1. The van der Waals surface area contributed by atoms with Crippen LogP contribution in [0, 0.1) is 25.2 Å². The van der Waals surface area contributed by atoms with E-state index >= 15 is 0 Å². The number of carbonyl (C=O) groups excluding carboxylic acids is 1. The number of halogens is 2. The highest BCUT2D eigenvalue weighted by Crippen LogP contribution is 2.39. The Bertz CT molecular complexity index is 1440. The van der Waals surface area contributed by atoms with Gasteiger partial charge in [-0.3, -0.25) is 4.79 Å². The lowest BCUT2D eigenvalue weighted by Gasteiger charge is -2.10. The van der Waals surface area contributed by atoms with Crippen LogP contribution in [-0.4, -0.2) is 15.6 Å². The van der Waals surface area contributed by atoms with Crippen LogP contribution in [0.4, 0.5) is 5.69 Å². The molecule has 34 heavy (non-hydrogen) atoms. The van der Waals surface area contributed by atoms with Gasteiger partial charge in [-0.2, -0.15) is 5.26 Å². The Hall–Kier alpha value is -2.50. The van der Waals surface area contributed by atoms with Crippen LogP contribution in [0.5, 0.6) is 0 Å². The maximum absolute atomic E-state index is 12.6. The topological polar surface area (TPSA) is 70.2 Å². The monoisotopic (exact) mass is 526 g/mol. The van der Waals surface area contributed by atoms with E-state index in [9.17, 15) is 10.1 Å². The number of nitrogens with one attached hydrogen (secondary N) is 1. The average Bonchev–Trinajstić information content (AvgIpc) is 3.44.